The predicted octanol–water partition coefficient (Wildman–Crippen LogP) is 4.03. The van der Waals surface area contributed by atoms with Crippen LogP contribution in [0.4, 0.5) is 4.79 Å². The number of likely N-dealkylation sites (tertiary alicyclic amines) is 1. The average molecular weight is 488 g/mol. The lowest BCUT2D eigenvalue weighted by Crippen LogP contribution is -2.56. The normalized spacial score (nSPS) is 17.9. The summed E-state index contributed by atoms with van der Waals surface area (Å²) in [6.45, 7) is 2.83. The molecule has 5 rings (SSSR count). The second-order valence-corrected chi connectivity index (χ2v) is 9.70. The van der Waals surface area contributed by atoms with E-state index in [1.807, 2.05) is 24.3 Å². The maximum atomic E-state index is 13.8. The fourth-order valence-corrected chi connectivity index (χ4v) is 5.65. The van der Waals surface area contributed by atoms with E-state index in [0.717, 1.165) is 25.2 Å². The van der Waals surface area contributed by atoms with E-state index in [-0.39, 0.29) is 25.1 Å². The average Bonchev–Trinajstić information content (AvgIpc) is 3.10. The molecule has 0 bridgehead atoms. The number of aliphatic hydroxyl groups is 1. The Bertz CT molecular complexity index is 1250. The van der Waals surface area contributed by atoms with Crippen LogP contribution in [-0.2, 0) is 17.9 Å². The van der Waals surface area contributed by atoms with Crippen molar-refractivity contribution in [3.8, 4) is 5.75 Å². The smallest absolute Gasteiger partial charge is 0.327 e. The van der Waals surface area contributed by atoms with Gasteiger partial charge in [-0.3, -0.25) is 14.6 Å². The van der Waals surface area contributed by atoms with Crippen molar-refractivity contribution in [3.05, 3.63) is 77.9 Å². The molecule has 3 aromatic carbocycles. The number of imide groups is 1. The fraction of sp³-hybridized carbons (Fsp3) is 0.379. The highest BCUT2D eigenvalue weighted by molar-refractivity contribution is 6.07. The zero-order valence-electron chi connectivity index (χ0n) is 20.7. The van der Waals surface area contributed by atoms with Crippen LogP contribution in [0.15, 0.2) is 66.7 Å². The lowest BCUT2D eigenvalue weighted by atomic mass is 9.85. The Balaban J connectivity index is 1.34. The first kappa shape index (κ1) is 24.3. The molecule has 1 spiro atoms. The minimum Gasteiger partial charge on any atom is -0.497 e. The van der Waals surface area contributed by atoms with Crippen molar-refractivity contribution in [2.45, 2.75) is 37.9 Å². The number of urea groups is 1. The molecule has 0 unspecified atom stereocenters. The molecular weight excluding hydrogens is 454 g/mol. The minimum absolute atomic E-state index is 0.0167. The number of fused-ring (bicyclic) bond motifs is 1. The maximum Gasteiger partial charge on any atom is 0.327 e. The standard InChI is InChI=1S/C29H33N3O4/c1-36-25-11-4-7-22(19-25)20-31-27(34)29(32(28(31)35)15-6-18-33)13-16-30(17-14-29)21-24-10-5-9-23-8-2-3-12-26(23)24/h2-5,7-12,19,33H,6,13-18,20-21H2,1H3. The Morgan fingerprint density at radius 1 is 0.944 bits per heavy atom. The van der Waals surface area contributed by atoms with Crippen LogP contribution < -0.4 is 4.74 Å². The van der Waals surface area contributed by atoms with E-state index < -0.39 is 5.54 Å². The monoisotopic (exact) mass is 487 g/mol. The number of aliphatic hydroxyl groups excluding tert-OH is 1. The third kappa shape index (κ3) is 4.45. The number of piperidine rings is 1. The lowest BCUT2D eigenvalue weighted by Gasteiger charge is -2.42. The van der Waals surface area contributed by atoms with Crippen molar-refractivity contribution in [1.29, 1.82) is 0 Å². The molecule has 3 amide bonds. The van der Waals surface area contributed by atoms with Crippen LogP contribution in [0.1, 0.15) is 30.4 Å². The number of ether oxygens (including phenoxy) is 1. The van der Waals surface area contributed by atoms with E-state index in [1.165, 1.54) is 21.2 Å². The molecule has 2 aliphatic heterocycles. The van der Waals surface area contributed by atoms with Crippen LogP contribution in [0, 0.1) is 0 Å². The third-order valence-electron chi connectivity index (χ3n) is 7.59. The summed E-state index contributed by atoms with van der Waals surface area (Å²) in [5, 5.41) is 11.9. The van der Waals surface area contributed by atoms with Crippen molar-refractivity contribution < 1.29 is 19.4 Å². The molecule has 2 aliphatic rings. The highest BCUT2D eigenvalue weighted by Gasteiger charge is 2.57. The first-order chi connectivity index (χ1) is 17.6. The van der Waals surface area contributed by atoms with Gasteiger partial charge in [-0.25, -0.2) is 4.79 Å². The predicted molar refractivity (Wildman–Crippen MR) is 139 cm³/mol. The minimum atomic E-state index is -0.847. The number of hydrogen-bond donors (Lipinski definition) is 1. The van der Waals surface area contributed by atoms with Gasteiger partial charge < -0.3 is 14.7 Å². The van der Waals surface area contributed by atoms with E-state index in [0.29, 0.717) is 31.6 Å². The number of carbonyl (C=O) groups is 2. The van der Waals surface area contributed by atoms with E-state index in [2.05, 4.69) is 47.4 Å². The molecule has 7 nitrogen and oxygen atoms in total. The molecule has 36 heavy (non-hydrogen) atoms. The first-order valence-electron chi connectivity index (χ1n) is 12.6. The van der Waals surface area contributed by atoms with Gasteiger partial charge in [-0.2, -0.15) is 0 Å². The molecule has 2 heterocycles. The topological polar surface area (TPSA) is 73.3 Å². The van der Waals surface area contributed by atoms with E-state index in [4.69, 9.17) is 4.74 Å². The second kappa shape index (κ2) is 10.3. The quantitative estimate of drug-likeness (QED) is 0.486. The summed E-state index contributed by atoms with van der Waals surface area (Å²) in [6.07, 6.45) is 1.62. The van der Waals surface area contributed by atoms with Crippen LogP contribution >= 0.6 is 0 Å². The van der Waals surface area contributed by atoms with E-state index in [9.17, 15) is 14.7 Å². The summed E-state index contributed by atoms with van der Waals surface area (Å²) < 4.78 is 5.31. The molecule has 7 heteroatoms. The van der Waals surface area contributed by atoms with Crippen LogP contribution in [0.2, 0.25) is 0 Å². The van der Waals surface area contributed by atoms with Gasteiger partial charge in [0.25, 0.3) is 5.91 Å². The molecule has 1 N–H and O–H groups in total. The Kier molecular flexibility index (Phi) is 6.94. The maximum absolute atomic E-state index is 13.8. The van der Waals surface area contributed by atoms with Crippen molar-refractivity contribution in [2.24, 2.45) is 0 Å². The fourth-order valence-electron chi connectivity index (χ4n) is 5.65. The van der Waals surface area contributed by atoms with Gasteiger partial charge in [0.2, 0.25) is 0 Å². The highest BCUT2D eigenvalue weighted by atomic mass is 16.5. The van der Waals surface area contributed by atoms with Gasteiger partial charge in [0, 0.05) is 32.8 Å². The highest BCUT2D eigenvalue weighted by Crippen LogP contribution is 2.39. The summed E-state index contributed by atoms with van der Waals surface area (Å²) in [5.41, 5.74) is 1.28. The van der Waals surface area contributed by atoms with Gasteiger partial charge in [-0.1, -0.05) is 54.6 Å². The summed E-state index contributed by atoms with van der Waals surface area (Å²) in [7, 11) is 1.60. The summed E-state index contributed by atoms with van der Waals surface area (Å²) >= 11 is 0. The second-order valence-electron chi connectivity index (χ2n) is 9.70. The van der Waals surface area contributed by atoms with E-state index >= 15 is 0 Å². The Labute approximate surface area is 211 Å². The van der Waals surface area contributed by atoms with Gasteiger partial charge in [0.15, 0.2) is 0 Å². The van der Waals surface area contributed by atoms with Crippen LogP contribution in [-0.4, -0.2) is 70.6 Å². The summed E-state index contributed by atoms with van der Waals surface area (Å²) in [4.78, 5) is 32.8. The zero-order valence-corrected chi connectivity index (χ0v) is 20.7. The molecule has 188 valence electrons. The Morgan fingerprint density at radius 2 is 1.69 bits per heavy atom. The number of carbonyl (C=O) groups excluding carboxylic acids is 2. The van der Waals surface area contributed by atoms with Crippen LogP contribution in [0.25, 0.3) is 10.8 Å². The summed E-state index contributed by atoms with van der Waals surface area (Å²) in [5.74, 6) is 0.568. The Hall–Kier alpha value is -3.42. The molecule has 0 atom stereocenters. The van der Waals surface area contributed by atoms with Crippen molar-refractivity contribution in [3.63, 3.8) is 0 Å². The molecule has 2 fully saturated rings. The molecule has 2 saturated heterocycles. The Morgan fingerprint density at radius 3 is 2.47 bits per heavy atom. The summed E-state index contributed by atoms with van der Waals surface area (Å²) in [6, 6.07) is 22.0. The van der Waals surface area contributed by atoms with Crippen molar-refractivity contribution >= 4 is 22.7 Å². The third-order valence-corrected chi connectivity index (χ3v) is 7.59. The van der Waals surface area contributed by atoms with Crippen LogP contribution in [0.3, 0.4) is 0 Å². The van der Waals surface area contributed by atoms with Crippen molar-refractivity contribution in [1.82, 2.24) is 14.7 Å². The van der Waals surface area contributed by atoms with Gasteiger partial charge in [0.05, 0.1) is 13.7 Å². The molecule has 3 aromatic rings. The molecule has 0 aromatic heterocycles. The largest absolute Gasteiger partial charge is 0.497 e. The SMILES string of the molecule is COc1cccc(CN2C(=O)N(CCCO)C3(CCN(Cc4cccc5ccccc45)CC3)C2=O)c1. The molecule has 0 saturated carbocycles. The van der Waals surface area contributed by atoms with Gasteiger partial charge in [-0.05, 0) is 53.3 Å². The molecule has 0 aliphatic carbocycles. The number of nitrogens with zero attached hydrogens (tertiary/aromatic N) is 3. The lowest BCUT2D eigenvalue weighted by molar-refractivity contribution is -0.136. The van der Waals surface area contributed by atoms with Crippen LogP contribution in [0.5, 0.6) is 5.75 Å². The number of hydrogen-bond acceptors (Lipinski definition) is 5. The van der Waals surface area contributed by atoms with Gasteiger partial charge in [0.1, 0.15) is 11.3 Å². The van der Waals surface area contributed by atoms with Gasteiger partial charge >= 0.3 is 6.03 Å². The van der Waals surface area contributed by atoms with E-state index in [1.54, 1.807) is 12.0 Å². The molecular formula is C29H33N3O4. The number of amides is 3. The first-order valence-corrected chi connectivity index (χ1v) is 12.6. The molecule has 0 radical (unpaired) electrons. The number of benzene rings is 3. The zero-order chi connectivity index (χ0) is 25.1. The number of methoxy groups -OCH3 is 1. The number of rotatable bonds is 8. The van der Waals surface area contributed by atoms with Crippen molar-refractivity contribution in [2.75, 3.05) is 33.4 Å². The van der Waals surface area contributed by atoms with Gasteiger partial charge in [-0.15, -0.1) is 0 Å².